The molecule has 0 saturated heterocycles. The molecular formula is C11H16N2O2. The summed E-state index contributed by atoms with van der Waals surface area (Å²) < 4.78 is 4.90. The van der Waals surface area contributed by atoms with E-state index in [1.165, 1.54) is 5.56 Å². The predicted octanol–water partition coefficient (Wildman–Crippen LogP) is 2.08. The molecule has 1 aromatic rings. The molecule has 1 amide bonds. The Bertz CT molecular complexity index is 362. The van der Waals surface area contributed by atoms with Crippen molar-refractivity contribution < 1.29 is 9.53 Å². The minimum absolute atomic E-state index is 0.461. The van der Waals surface area contributed by atoms with Crippen molar-refractivity contribution >= 4 is 6.09 Å². The Kier molecular flexibility index (Phi) is 3.68. The Morgan fingerprint density at radius 2 is 2.13 bits per heavy atom. The number of nitrogens with one attached hydrogen (secondary N) is 1. The van der Waals surface area contributed by atoms with Crippen LogP contribution in [-0.2, 0) is 0 Å². The Balaban J connectivity index is 2.87. The average Bonchev–Trinajstić information content (AvgIpc) is 2.17. The van der Waals surface area contributed by atoms with Crippen molar-refractivity contribution in [2.75, 3.05) is 0 Å². The van der Waals surface area contributed by atoms with Crippen LogP contribution in [0.15, 0.2) is 18.2 Å². The van der Waals surface area contributed by atoms with Crippen LogP contribution >= 0.6 is 0 Å². The van der Waals surface area contributed by atoms with E-state index in [2.05, 4.69) is 13.8 Å². The highest BCUT2D eigenvalue weighted by molar-refractivity contribution is 5.69. The van der Waals surface area contributed by atoms with Gasteiger partial charge in [0.15, 0.2) is 0 Å². The Morgan fingerprint density at radius 3 is 2.60 bits per heavy atom. The van der Waals surface area contributed by atoms with Crippen molar-refractivity contribution in [1.82, 2.24) is 5.43 Å². The van der Waals surface area contributed by atoms with Gasteiger partial charge < -0.3 is 4.74 Å². The van der Waals surface area contributed by atoms with Crippen molar-refractivity contribution in [3.8, 4) is 5.75 Å². The number of benzene rings is 1. The number of nitrogens with two attached hydrogens (primary N) is 1. The van der Waals surface area contributed by atoms with Crippen LogP contribution in [0.2, 0.25) is 0 Å². The number of ether oxygens (including phenoxy) is 1. The summed E-state index contributed by atoms with van der Waals surface area (Å²) in [5.41, 5.74) is 4.26. The van der Waals surface area contributed by atoms with Gasteiger partial charge in [-0.3, -0.25) is 5.43 Å². The van der Waals surface area contributed by atoms with Gasteiger partial charge in [-0.15, -0.1) is 0 Å². The van der Waals surface area contributed by atoms with Gasteiger partial charge in [-0.05, 0) is 36.1 Å². The third-order valence-electron chi connectivity index (χ3n) is 2.19. The van der Waals surface area contributed by atoms with E-state index in [1.807, 2.05) is 24.5 Å². The molecule has 0 aliphatic carbocycles. The molecule has 3 N–H and O–H groups in total. The van der Waals surface area contributed by atoms with E-state index < -0.39 is 6.09 Å². The maximum absolute atomic E-state index is 10.9. The van der Waals surface area contributed by atoms with Crippen LogP contribution in [0.3, 0.4) is 0 Å². The van der Waals surface area contributed by atoms with E-state index in [0.717, 1.165) is 5.56 Å². The second-order valence-electron chi connectivity index (χ2n) is 3.71. The number of carbonyl (C=O) groups excluding carboxylic acids is 1. The molecule has 0 spiro atoms. The highest BCUT2D eigenvalue weighted by atomic mass is 16.6. The third kappa shape index (κ3) is 2.95. The van der Waals surface area contributed by atoms with Gasteiger partial charge >= 0.3 is 6.09 Å². The molecule has 0 bridgehead atoms. The van der Waals surface area contributed by atoms with Gasteiger partial charge in [0, 0.05) is 0 Å². The SMILES string of the molecule is Cc1cc(OC(=O)NN)ccc1C(C)C. The van der Waals surface area contributed by atoms with Gasteiger partial charge in [0.05, 0.1) is 0 Å². The molecule has 4 heteroatoms. The lowest BCUT2D eigenvalue weighted by molar-refractivity contribution is 0.200. The fraction of sp³-hybridized carbons (Fsp3) is 0.364. The number of hydrogen-bond donors (Lipinski definition) is 2. The van der Waals surface area contributed by atoms with E-state index in [0.29, 0.717) is 11.7 Å². The molecule has 4 nitrogen and oxygen atoms in total. The maximum Gasteiger partial charge on any atom is 0.426 e. The van der Waals surface area contributed by atoms with E-state index in [-0.39, 0.29) is 0 Å². The zero-order valence-electron chi connectivity index (χ0n) is 9.20. The van der Waals surface area contributed by atoms with Crippen LogP contribution in [0.4, 0.5) is 4.79 Å². The monoisotopic (exact) mass is 208 g/mol. The van der Waals surface area contributed by atoms with Crippen molar-refractivity contribution in [2.24, 2.45) is 5.84 Å². The highest BCUT2D eigenvalue weighted by Crippen LogP contribution is 2.23. The normalized spacial score (nSPS) is 10.2. The largest absolute Gasteiger partial charge is 0.426 e. The first-order chi connectivity index (χ1) is 7.04. The first-order valence-corrected chi connectivity index (χ1v) is 4.83. The van der Waals surface area contributed by atoms with Crippen LogP contribution in [-0.4, -0.2) is 6.09 Å². The van der Waals surface area contributed by atoms with E-state index in [9.17, 15) is 4.79 Å². The van der Waals surface area contributed by atoms with E-state index in [4.69, 9.17) is 10.6 Å². The van der Waals surface area contributed by atoms with Gasteiger partial charge in [0.1, 0.15) is 5.75 Å². The molecule has 0 fully saturated rings. The number of amides is 1. The number of rotatable bonds is 2. The van der Waals surface area contributed by atoms with Gasteiger partial charge in [-0.1, -0.05) is 19.9 Å². The third-order valence-corrected chi connectivity index (χ3v) is 2.19. The summed E-state index contributed by atoms with van der Waals surface area (Å²) in [5.74, 6) is 5.87. The first-order valence-electron chi connectivity index (χ1n) is 4.83. The standard InChI is InChI=1S/C11H16N2O2/c1-7(2)10-5-4-9(6-8(10)3)15-11(14)13-12/h4-7H,12H2,1-3H3,(H,13,14). The fourth-order valence-electron chi connectivity index (χ4n) is 1.50. The number of carbonyl (C=O) groups is 1. The molecule has 1 rings (SSSR count). The number of hydrazine groups is 1. The van der Waals surface area contributed by atoms with Crippen LogP contribution in [0, 0.1) is 6.92 Å². The summed E-state index contributed by atoms with van der Waals surface area (Å²) in [6.07, 6.45) is -0.660. The fourth-order valence-corrected chi connectivity index (χ4v) is 1.50. The summed E-state index contributed by atoms with van der Waals surface area (Å²) >= 11 is 0. The maximum atomic E-state index is 10.9. The first kappa shape index (κ1) is 11.5. The zero-order valence-corrected chi connectivity index (χ0v) is 9.20. The quantitative estimate of drug-likeness (QED) is 0.444. The van der Waals surface area contributed by atoms with Gasteiger partial charge in [0.2, 0.25) is 0 Å². The van der Waals surface area contributed by atoms with Crippen molar-refractivity contribution in [1.29, 1.82) is 0 Å². The van der Waals surface area contributed by atoms with Crippen molar-refractivity contribution in [2.45, 2.75) is 26.7 Å². The second kappa shape index (κ2) is 4.79. The van der Waals surface area contributed by atoms with Gasteiger partial charge in [0.25, 0.3) is 0 Å². The molecule has 82 valence electrons. The van der Waals surface area contributed by atoms with Crippen LogP contribution in [0.25, 0.3) is 0 Å². The van der Waals surface area contributed by atoms with Crippen LogP contribution < -0.4 is 16.0 Å². The lowest BCUT2D eigenvalue weighted by atomic mass is 9.98. The minimum atomic E-state index is -0.660. The summed E-state index contributed by atoms with van der Waals surface area (Å²) in [6.45, 7) is 6.23. The van der Waals surface area contributed by atoms with E-state index in [1.54, 1.807) is 6.07 Å². The Labute approximate surface area is 89.4 Å². The molecule has 0 aliphatic rings. The smallest absolute Gasteiger partial charge is 0.409 e. The Morgan fingerprint density at radius 1 is 1.47 bits per heavy atom. The predicted molar refractivity (Wildman–Crippen MR) is 58.6 cm³/mol. The molecule has 0 atom stereocenters. The van der Waals surface area contributed by atoms with Gasteiger partial charge in [-0.2, -0.15) is 0 Å². The zero-order chi connectivity index (χ0) is 11.4. The molecule has 0 aliphatic heterocycles. The lowest BCUT2D eigenvalue weighted by Crippen LogP contribution is -2.32. The molecule has 0 heterocycles. The lowest BCUT2D eigenvalue weighted by Gasteiger charge is -2.11. The average molecular weight is 208 g/mol. The van der Waals surface area contributed by atoms with Crippen LogP contribution in [0.1, 0.15) is 30.9 Å². The summed E-state index contributed by atoms with van der Waals surface area (Å²) in [7, 11) is 0. The molecule has 0 aromatic heterocycles. The summed E-state index contributed by atoms with van der Waals surface area (Å²) in [6, 6.07) is 5.54. The molecular weight excluding hydrogens is 192 g/mol. The van der Waals surface area contributed by atoms with Gasteiger partial charge in [-0.25, -0.2) is 10.6 Å². The van der Waals surface area contributed by atoms with Crippen molar-refractivity contribution in [3.63, 3.8) is 0 Å². The molecule has 0 unspecified atom stereocenters. The summed E-state index contributed by atoms with van der Waals surface area (Å²) in [5, 5.41) is 0. The summed E-state index contributed by atoms with van der Waals surface area (Å²) in [4.78, 5) is 10.9. The van der Waals surface area contributed by atoms with Crippen molar-refractivity contribution in [3.05, 3.63) is 29.3 Å². The molecule has 15 heavy (non-hydrogen) atoms. The topological polar surface area (TPSA) is 64.3 Å². The molecule has 0 saturated carbocycles. The number of aryl methyl sites for hydroxylation is 1. The Hall–Kier alpha value is -1.55. The number of hydrogen-bond acceptors (Lipinski definition) is 3. The molecule has 1 aromatic carbocycles. The second-order valence-corrected chi connectivity index (χ2v) is 3.71. The highest BCUT2D eigenvalue weighted by Gasteiger charge is 2.06. The van der Waals surface area contributed by atoms with E-state index >= 15 is 0 Å². The van der Waals surface area contributed by atoms with Crippen LogP contribution in [0.5, 0.6) is 5.75 Å². The molecule has 0 radical (unpaired) electrons. The minimum Gasteiger partial charge on any atom is -0.409 e.